The number of fused-ring (bicyclic) bond motifs is 1. The van der Waals surface area contributed by atoms with Crippen molar-refractivity contribution >= 4 is 17.6 Å². The quantitative estimate of drug-likeness (QED) is 0.559. The first-order valence-corrected chi connectivity index (χ1v) is 10.9. The van der Waals surface area contributed by atoms with Crippen molar-refractivity contribution in [3.63, 3.8) is 0 Å². The van der Waals surface area contributed by atoms with Gasteiger partial charge in [0.2, 0.25) is 0 Å². The zero-order valence-electron chi connectivity index (χ0n) is 19.2. The number of carbonyl (C=O) groups excluding carboxylic acids is 2. The standard InChI is InChI=1S/C24H23F2N5O4/c1-14-3-6-31-19(12-16-13-30(7-8-35-16)24(33)34-2)22(29-20(31)9-14)21-17(25)10-15(11-18(21)26)23(32)28-5-4-27/h3,6,9-11,16H,5,7-8,12-13H2,1-2H3,(H,28,32)/t16-/m0/s1. The van der Waals surface area contributed by atoms with Crippen LogP contribution in [0.2, 0.25) is 0 Å². The summed E-state index contributed by atoms with van der Waals surface area (Å²) in [6.45, 7) is 2.50. The van der Waals surface area contributed by atoms with E-state index in [0.717, 1.165) is 17.7 Å². The van der Waals surface area contributed by atoms with E-state index in [1.807, 2.05) is 13.0 Å². The Morgan fingerprint density at radius 2 is 2.06 bits per heavy atom. The highest BCUT2D eigenvalue weighted by molar-refractivity contribution is 5.95. The van der Waals surface area contributed by atoms with E-state index in [1.54, 1.807) is 22.7 Å². The first-order valence-electron chi connectivity index (χ1n) is 10.9. The van der Waals surface area contributed by atoms with E-state index in [9.17, 15) is 9.59 Å². The fraction of sp³-hybridized carbons (Fsp3) is 0.333. The Hall–Kier alpha value is -4.04. The van der Waals surface area contributed by atoms with Crippen LogP contribution in [0.15, 0.2) is 30.5 Å². The van der Waals surface area contributed by atoms with Crippen LogP contribution in [-0.2, 0) is 15.9 Å². The molecule has 11 heteroatoms. The molecule has 182 valence electrons. The second-order valence-electron chi connectivity index (χ2n) is 8.11. The number of ether oxygens (including phenoxy) is 2. The van der Waals surface area contributed by atoms with Gasteiger partial charge in [0.05, 0.1) is 49.4 Å². The lowest BCUT2D eigenvalue weighted by molar-refractivity contribution is -0.0241. The van der Waals surface area contributed by atoms with Gasteiger partial charge in [0.1, 0.15) is 23.8 Å². The van der Waals surface area contributed by atoms with Crippen LogP contribution in [0.3, 0.4) is 0 Å². The summed E-state index contributed by atoms with van der Waals surface area (Å²) >= 11 is 0. The highest BCUT2D eigenvalue weighted by Crippen LogP contribution is 2.32. The Labute approximate surface area is 199 Å². The molecule has 1 aliphatic rings. The van der Waals surface area contributed by atoms with E-state index < -0.39 is 29.7 Å². The number of benzene rings is 1. The highest BCUT2D eigenvalue weighted by atomic mass is 19.1. The molecule has 0 saturated carbocycles. The summed E-state index contributed by atoms with van der Waals surface area (Å²) in [4.78, 5) is 30.1. The van der Waals surface area contributed by atoms with Crippen molar-refractivity contribution in [2.45, 2.75) is 19.4 Å². The van der Waals surface area contributed by atoms with Gasteiger partial charge in [-0.25, -0.2) is 18.6 Å². The topological polar surface area (TPSA) is 109 Å². The Morgan fingerprint density at radius 1 is 1.31 bits per heavy atom. The SMILES string of the molecule is COC(=O)N1CCO[C@@H](Cc2c(-c3c(F)cc(C(=O)NCC#N)cc3F)nc3cc(C)ccn23)C1. The van der Waals surface area contributed by atoms with Crippen LogP contribution in [0.25, 0.3) is 16.9 Å². The number of nitriles is 1. The molecule has 1 N–H and O–H groups in total. The maximum atomic E-state index is 15.2. The van der Waals surface area contributed by atoms with Crippen LogP contribution in [0, 0.1) is 29.9 Å². The fourth-order valence-corrected chi connectivity index (χ4v) is 4.10. The first-order chi connectivity index (χ1) is 16.8. The van der Waals surface area contributed by atoms with Gasteiger partial charge in [-0.15, -0.1) is 0 Å². The number of hydrogen-bond acceptors (Lipinski definition) is 6. The zero-order chi connectivity index (χ0) is 25.1. The van der Waals surface area contributed by atoms with Crippen molar-refractivity contribution in [1.29, 1.82) is 5.26 Å². The summed E-state index contributed by atoms with van der Waals surface area (Å²) in [6, 6.07) is 7.21. The second kappa shape index (κ2) is 10.1. The van der Waals surface area contributed by atoms with Gasteiger partial charge in [0.15, 0.2) is 0 Å². The molecule has 1 saturated heterocycles. The summed E-state index contributed by atoms with van der Waals surface area (Å²) in [5, 5.41) is 10.9. The van der Waals surface area contributed by atoms with Gasteiger partial charge < -0.3 is 24.1 Å². The molecule has 0 aliphatic carbocycles. The van der Waals surface area contributed by atoms with Crippen LogP contribution in [-0.4, -0.2) is 65.7 Å². The number of aromatic nitrogens is 2. The molecule has 0 radical (unpaired) electrons. The number of methoxy groups -OCH3 is 1. The van der Waals surface area contributed by atoms with Gasteiger partial charge in [0.25, 0.3) is 5.91 Å². The summed E-state index contributed by atoms with van der Waals surface area (Å²) in [6.07, 6.45) is 1.05. The molecule has 35 heavy (non-hydrogen) atoms. The molecule has 0 bridgehead atoms. The molecule has 1 aliphatic heterocycles. The minimum Gasteiger partial charge on any atom is -0.453 e. The first kappa shape index (κ1) is 24.1. The number of halogens is 2. The zero-order valence-corrected chi connectivity index (χ0v) is 19.2. The van der Waals surface area contributed by atoms with Crippen molar-refractivity contribution in [2.75, 3.05) is 33.4 Å². The number of morpholine rings is 1. The molecule has 1 atom stereocenters. The number of amides is 2. The number of rotatable bonds is 5. The van der Waals surface area contributed by atoms with Gasteiger partial charge in [-0.3, -0.25) is 4.79 Å². The van der Waals surface area contributed by atoms with Gasteiger partial charge in [-0.2, -0.15) is 5.26 Å². The largest absolute Gasteiger partial charge is 0.453 e. The van der Waals surface area contributed by atoms with Crippen LogP contribution in [0.1, 0.15) is 21.6 Å². The molecule has 1 aromatic carbocycles. The molecular weight excluding hydrogens is 460 g/mol. The van der Waals surface area contributed by atoms with Gasteiger partial charge in [-0.1, -0.05) is 0 Å². The van der Waals surface area contributed by atoms with Gasteiger partial charge >= 0.3 is 6.09 Å². The molecule has 9 nitrogen and oxygen atoms in total. The van der Waals surface area contributed by atoms with Crippen molar-refractivity contribution in [3.8, 4) is 17.3 Å². The van der Waals surface area contributed by atoms with Crippen molar-refractivity contribution in [3.05, 3.63) is 58.9 Å². The van der Waals surface area contributed by atoms with E-state index in [0.29, 0.717) is 24.5 Å². The number of nitrogens with one attached hydrogen (secondary N) is 1. The highest BCUT2D eigenvalue weighted by Gasteiger charge is 2.29. The number of imidazole rings is 1. The van der Waals surface area contributed by atoms with Crippen LogP contribution >= 0.6 is 0 Å². The van der Waals surface area contributed by atoms with Crippen molar-refractivity contribution in [2.24, 2.45) is 0 Å². The number of pyridine rings is 1. The Morgan fingerprint density at radius 3 is 2.74 bits per heavy atom. The van der Waals surface area contributed by atoms with E-state index in [1.165, 1.54) is 12.0 Å². The number of carbonyl (C=O) groups is 2. The maximum absolute atomic E-state index is 15.2. The molecule has 0 unspecified atom stereocenters. The molecule has 3 heterocycles. The minimum absolute atomic E-state index is 0.0772. The lowest BCUT2D eigenvalue weighted by Gasteiger charge is -2.32. The average Bonchev–Trinajstić information content (AvgIpc) is 3.18. The number of hydrogen-bond donors (Lipinski definition) is 1. The molecule has 3 aromatic rings. The van der Waals surface area contributed by atoms with E-state index in [2.05, 4.69) is 10.3 Å². The van der Waals surface area contributed by atoms with E-state index in [4.69, 9.17) is 14.7 Å². The van der Waals surface area contributed by atoms with Crippen molar-refractivity contribution in [1.82, 2.24) is 19.6 Å². The lowest BCUT2D eigenvalue weighted by Crippen LogP contribution is -2.46. The van der Waals surface area contributed by atoms with Crippen LogP contribution in [0.4, 0.5) is 13.6 Å². The third-order valence-electron chi connectivity index (χ3n) is 5.74. The maximum Gasteiger partial charge on any atom is 0.409 e. The van der Waals surface area contributed by atoms with Crippen LogP contribution < -0.4 is 5.32 Å². The smallest absolute Gasteiger partial charge is 0.409 e. The molecule has 4 rings (SSSR count). The van der Waals surface area contributed by atoms with Crippen LogP contribution in [0.5, 0.6) is 0 Å². The van der Waals surface area contributed by atoms with Gasteiger partial charge in [-0.05, 0) is 36.8 Å². The third kappa shape index (κ3) is 4.93. The third-order valence-corrected chi connectivity index (χ3v) is 5.74. The summed E-state index contributed by atoms with van der Waals surface area (Å²) < 4.78 is 42.8. The molecular formula is C24H23F2N5O4. The summed E-state index contributed by atoms with van der Waals surface area (Å²) in [5.41, 5.74) is 1.36. The van der Waals surface area contributed by atoms with E-state index >= 15 is 8.78 Å². The Balaban J connectivity index is 1.76. The normalized spacial score (nSPS) is 15.6. The molecule has 1 fully saturated rings. The Bertz CT molecular complexity index is 1310. The van der Waals surface area contributed by atoms with E-state index in [-0.39, 0.29) is 36.3 Å². The lowest BCUT2D eigenvalue weighted by atomic mass is 10.0. The number of aryl methyl sites for hydroxylation is 1. The monoisotopic (exact) mass is 483 g/mol. The minimum atomic E-state index is -0.964. The fourth-order valence-electron chi connectivity index (χ4n) is 4.10. The summed E-state index contributed by atoms with van der Waals surface area (Å²) in [5.74, 6) is -2.69. The predicted molar refractivity (Wildman–Crippen MR) is 121 cm³/mol. The van der Waals surface area contributed by atoms with Crippen molar-refractivity contribution < 1.29 is 27.8 Å². The average molecular weight is 483 g/mol. The molecule has 2 aromatic heterocycles. The second-order valence-corrected chi connectivity index (χ2v) is 8.11. The number of nitrogens with zero attached hydrogens (tertiary/aromatic N) is 4. The summed E-state index contributed by atoms with van der Waals surface area (Å²) in [7, 11) is 1.30. The molecule has 0 spiro atoms. The Kier molecular flexibility index (Phi) is 6.93. The molecule has 2 amide bonds. The predicted octanol–water partition coefficient (Wildman–Crippen LogP) is 2.85. The van der Waals surface area contributed by atoms with Gasteiger partial charge in [0, 0.05) is 24.7 Å².